The van der Waals surface area contributed by atoms with Gasteiger partial charge in [0.2, 0.25) is 0 Å². The predicted octanol–water partition coefficient (Wildman–Crippen LogP) is 1.76. The van der Waals surface area contributed by atoms with Gasteiger partial charge in [0.15, 0.2) is 0 Å². The maximum atomic E-state index is 12.8. The number of likely N-dealkylation sites (tertiary alicyclic amines) is 1. The Morgan fingerprint density at radius 1 is 1.36 bits per heavy atom. The highest BCUT2D eigenvalue weighted by atomic mass is 16.2. The first-order valence-electron chi connectivity index (χ1n) is 8.97. The van der Waals surface area contributed by atoms with Crippen LogP contribution in [0.1, 0.15) is 49.9 Å². The molecular formula is C18H24N4O3. The number of fused-ring (bicyclic) bond motifs is 1. The summed E-state index contributed by atoms with van der Waals surface area (Å²) in [4.78, 5) is 45.4. The van der Waals surface area contributed by atoms with E-state index in [9.17, 15) is 14.4 Å². The Kier molecular flexibility index (Phi) is 5.01. The van der Waals surface area contributed by atoms with Crippen LogP contribution in [0.15, 0.2) is 21.9 Å². The largest absolute Gasteiger partial charge is 0.338 e. The first kappa shape index (κ1) is 17.4. The lowest BCUT2D eigenvalue weighted by molar-refractivity contribution is 0.0671. The molecule has 2 aromatic heterocycles. The molecule has 25 heavy (non-hydrogen) atoms. The third-order valence-corrected chi connectivity index (χ3v) is 4.91. The van der Waals surface area contributed by atoms with Crippen LogP contribution in [-0.2, 0) is 6.54 Å². The lowest BCUT2D eigenvalue weighted by Crippen LogP contribution is -2.40. The number of nitrogens with one attached hydrogen (secondary N) is 1. The average molecular weight is 344 g/mol. The molecule has 1 aliphatic heterocycles. The second-order valence-corrected chi connectivity index (χ2v) is 6.67. The van der Waals surface area contributed by atoms with E-state index < -0.39 is 11.2 Å². The molecule has 1 fully saturated rings. The molecule has 0 aromatic carbocycles. The standard InChI is InChI=1S/C18H24N4O3/c1-3-7-22-15-14(16(23)20-18(22)25)9-13(10-19-15)17(24)21-8-5-6-12(4-2)11-21/h9-10,12H,3-8,11H2,1-2H3,(H,20,23,25). The van der Waals surface area contributed by atoms with Crippen LogP contribution in [0.2, 0.25) is 0 Å². The predicted molar refractivity (Wildman–Crippen MR) is 95.8 cm³/mol. The highest BCUT2D eigenvalue weighted by Gasteiger charge is 2.24. The molecule has 0 radical (unpaired) electrons. The summed E-state index contributed by atoms with van der Waals surface area (Å²) in [6.07, 6.45) is 5.44. The van der Waals surface area contributed by atoms with Crippen LogP contribution in [-0.4, -0.2) is 38.4 Å². The number of aromatic nitrogens is 3. The maximum absolute atomic E-state index is 12.8. The maximum Gasteiger partial charge on any atom is 0.329 e. The van der Waals surface area contributed by atoms with Crippen molar-refractivity contribution in [2.45, 2.75) is 46.1 Å². The molecule has 3 rings (SSSR count). The number of hydrogen-bond donors (Lipinski definition) is 1. The Balaban J connectivity index is 2.00. The lowest BCUT2D eigenvalue weighted by atomic mass is 9.95. The summed E-state index contributed by atoms with van der Waals surface area (Å²) < 4.78 is 1.44. The molecule has 0 saturated carbocycles. The van der Waals surface area contributed by atoms with Gasteiger partial charge in [-0.2, -0.15) is 0 Å². The monoisotopic (exact) mass is 344 g/mol. The van der Waals surface area contributed by atoms with Crippen molar-refractivity contribution < 1.29 is 4.79 Å². The fraction of sp³-hybridized carbons (Fsp3) is 0.556. The quantitative estimate of drug-likeness (QED) is 0.915. The fourth-order valence-electron chi connectivity index (χ4n) is 3.48. The number of aromatic amines is 1. The van der Waals surface area contributed by atoms with Crippen LogP contribution in [0.5, 0.6) is 0 Å². The molecule has 3 heterocycles. The number of pyridine rings is 1. The summed E-state index contributed by atoms with van der Waals surface area (Å²) in [5, 5.41) is 0.281. The van der Waals surface area contributed by atoms with Crippen molar-refractivity contribution in [2.24, 2.45) is 5.92 Å². The zero-order valence-electron chi connectivity index (χ0n) is 14.7. The molecule has 7 nitrogen and oxygen atoms in total. The van der Waals surface area contributed by atoms with Crippen LogP contribution in [0.25, 0.3) is 11.0 Å². The summed E-state index contributed by atoms with van der Waals surface area (Å²) in [6.45, 7) is 6.04. The van der Waals surface area contributed by atoms with Crippen LogP contribution in [0, 0.1) is 5.92 Å². The molecule has 0 spiro atoms. The Morgan fingerprint density at radius 2 is 2.16 bits per heavy atom. The summed E-state index contributed by atoms with van der Waals surface area (Å²) in [6, 6.07) is 1.56. The van der Waals surface area contributed by atoms with Gasteiger partial charge in [0.05, 0.1) is 10.9 Å². The number of carbonyl (C=O) groups is 1. The van der Waals surface area contributed by atoms with E-state index in [1.54, 1.807) is 6.07 Å². The number of H-pyrrole nitrogens is 1. The van der Waals surface area contributed by atoms with Crippen LogP contribution >= 0.6 is 0 Å². The second-order valence-electron chi connectivity index (χ2n) is 6.67. The summed E-state index contributed by atoms with van der Waals surface area (Å²) >= 11 is 0. The lowest BCUT2D eigenvalue weighted by Gasteiger charge is -2.32. The SMILES string of the molecule is CCCn1c(=O)[nH]c(=O)c2cc(C(=O)N3CCCC(CC)C3)cnc21. The zero-order chi connectivity index (χ0) is 18.0. The van der Waals surface area contributed by atoms with Gasteiger partial charge in [0.25, 0.3) is 11.5 Å². The highest BCUT2D eigenvalue weighted by molar-refractivity contribution is 5.96. The molecule has 0 bridgehead atoms. The van der Waals surface area contributed by atoms with Gasteiger partial charge in [-0.1, -0.05) is 20.3 Å². The molecule has 1 unspecified atom stereocenters. The van der Waals surface area contributed by atoms with E-state index in [4.69, 9.17) is 0 Å². The van der Waals surface area contributed by atoms with Gasteiger partial charge in [0.1, 0.15) is 5.65 Å². The average Bonchev–Trinajstić information content (AvgIpc) is 2.64. The van der Waals surface area contributed by atoms with Crippen molar-refractivity contribution in [1.82, 2.24) is 19.4 Å². The molecule has 1 N–H and O–H groups in total. The topological polar surface area (TPSA) is 88.1 Å². The van der Waals surface area contributed by atoms with Gasteiger partial charge in [-0.25, -0.2) is 9.78 Å². The minimum Gasteiger partial charge on any atom is -0.338 e. The van der Waals surface area contributed by atoms with Gasteiger partial charge in [0, 0.05) is 25.8 Å². The molecule has 1 saturated heterocycles. The van der Waals surface area contributed by atoms with E-state index in [1.807, 2.05) is 11.8 Å². The van der Waals surface area contributed by atoms with E-state index in [-0.39, 0.29) is 11.3 Å². The van der Waals surface area contributed by atoms with Crippen molar-refractivity contribution in [3.8, 4) is 0 Å². The number of aryl methyl sites for hydroxylation is 1. The number of rotatable bonds is 4. The number of carbonyl (C=O) groups excluding carboxylic acids is 1. The molecule has 1 atom stereocenters. The van der Waals surface area contributed by atoms with Gasteiger partial charge in [-0.3, -0.25) is 19.1 Å². The second kappa shape index (κ2) is 7.21. The number of nitrogens with zero attached hydrogens (tertiary/aromatic N) is 3. The van der Waals surface area contributed by atoms with Crippen molar-refractivity contribution in [1.29, 1.82) is 0 Å². The molecule has 1 amide bonds. The van der Waals surface area contributed by atoms with Gasteiger partial charge in [-0.15, -0.1) is 0 Å². The molecule has 1 aliphatic rings. The van der Waals surface area contributed by atoms with Gasteiger partial charge in [-0.05, 0) is 31.2 Å². The van der Waals surface area contributed by atoms with E-state index in [2.05, 4.69) is 16.9 Å². The van der Waals surface area contributed by atoms with E-state index in [1.165, 1.54) is 10.8 Å². The van der Waals surface area contributed by atoms with E-state index in [0.717, 1.165) is 38.8 Å². The zero-order valence-corrected chi connectivity index (χ0v) is 14.7. The molecule has 134 valence electrons. The first-order chi connectivity index (χ1) is 12.0. The Labute approximate surface area is 145 Å². The van der Waals surface area contributed by atoms with Crippen molar-refractivity contribution in [3.05, 3.63) is 38.7 Å². The van der Waals surface area contributed by atoms with Crippen LogP contribution < -0.4 is 11.2 Å². The van der Waals surface area contributed by atoms with E-state index >= 15 is 0 Å². The molecular weight excluding hydrogens is 320 g/mol. The van der Waals surface area contributed by atoms with Crippen molar-refractivity contribution in [2.75, 3.05) is 13.1 Å². The smallest absolute Gasteiger partial charge is 0.329 e. The molecule has 7 heteroatoms. The first-order valence-corrected chi connectivity index (χ1v) is 8.97. The minimum atomic E-state index is -0.500. The normalized spacial score (nSPS) is 17.8. The Bertz CT molecular complexity index is 899. The summed E-state index contributed by atoms with van der Waals surface area (Å²) in [7, 11) is 0. The molecule has 0 aliphatic carbocycles. The third-order valence-electron chi connectivity index (χ3n) is 4.91. The van der Waals surface area contributed by atoms with Crippen LogP contribution in [0.3, 0.4) is 0 Å². The van der Waals surface area contributed by atoms with Crippen LogP contribution in [0.4, 0.5) is 0 Å². The summed E-state index contributed by atoms with van der Waals surface area (Å²) in [5.74, 6) is 0.435. The summed E-state index contributed by atoms with van der Waals surface area (Å²) in [5.41, 5.74) is -0.235. The van der Waals surface area contributed by atoms with Crippen molar-refractivity contribution >= 4 is 16.9 Å². The number of piperidine rings is 1. The Morgan fingerprint density at radius 3 is 2.88 bits per heavy atom. The number of amides is 1. The van der Waals surface area contributed by atoms with E-state index in [0.29, 0.717) is 23.7 Å². The van der Waals surface area contributed by atoms with Gasteiger partial charge >= 0.3 is 5.69 Å². The van der Waals surface area contributed by atoms with Crippen molar-refractivity contribution in [3.63, 3.8) is 0 Å². The third kappa shape index (κ3) is 3.36. The molecule has 2 aromatic rings. The number of hydrogen-bond acceptors (Lipinski definition) is 4. The Hall–Kier alpha value is -2.44. The fourth-order valence-corrected chi connectivity index (χ4v) is 3.48. The van der Waals surface area contributed by atoms with Gasteiger partial charge < -0.3 is 4.90 Å². The minimum absolute atomic E-state index is 0.0970. The highest BCUT2D eigenvalue weighted by Crippen LogP contribution is 2.21.